The number of piperidine rings is 1. The third kappa shape index (κ3) is 7.30. The predicted molar refractivity (Wildman–Crippen MR) is 116 cm³/mol. The van der Waals surface area contributed by atoms with E-state index in [0.717, 1.165) is 37.8 Å². The van der Waals surface area contributed by atoms with Gasteiger partial charge in [-0.25, -0.2) is 17.9 Å². The van der Waals surface area contributed by atoms with E-state index in [0.29, 0.717) is 42.7 Å². The Hall–Kier alpha value is -2.50. The Labute approximate surface area is 182 Å². The summed E-state index contributed by atoms with van der Waals surface area (Å²) in [7, 11) is -3.16. The van der Waals surface area contributed by atoms with Crippen molar-refractivity contribution in [3.8, 4) is 11.5 Å². The number of hydrogen-bond acceptors (Lipinski definition) is 8. The normalized spacial score (nSPS) is 15.7. The molecule has 1 aliphatic heterocycles. The molecule has 11 heteroatoms. The molecule has 31 heavy (non-hydrogen) atoms. The van der Waals surface area contributed by atoms with Crippen LogP contribution in [0, 0.1) is 19.8 Å². The number of hydrogen-bond donors (Lipinski definition) is 2. The van der Waals surface area contributed by atoms with Crippen LogP contribution in [0.1, 0.15) is 24.2 Å². The summed E-state index contributed by atoms with van der Waals surface area (Å²) in [5.74, 6) is 1.14. The summed E-state index contributed by atoms with van der Waals surface area (Å²) in [6, 6.07) is 5.54. The van der Waals surface area contributed by atoms with E-state index in [9.17, 15) is 13.2 Å². The molecule has 0 spiro atoms. The first-order valence-corrected chi connectivity index (χ1v) is 12.1. The average molecular weight is 452 g/mol. The fourth-order valence-corrected chi connectivity index (χ4v) is 3.92. The van der Waals surface area contributed by atoms with Crippen LogP contribution < -0.4 is 10.0 Å². The highest BCUT2D eigenvalue weighted by Gasteiger charge is 2.21. The molecule has 0 atom stereocenters. The van der Waals surface area contributed by atoms with Gasteiger partial charge in [0.1, 0.15) is 0 Å². The highest BCUT2D eigenvalue weighted by Crippen LogP contribution is 2.28. The van der Waals surface area contributed by atoms with Crippen molar-refractivity contribution in [3.63, 3.8) is 0 Å². The molecule has 2 aromatic rings. The van der Waals surface area contributed by atoms with Gasteiger partial charge in [0, 0.05) is 13.1 Å². The maximum atomic E-state index is 12.4. The van der Waals surface area contributed by atoms with Gasteiger partial charge in [-0.3, -0.25) is 5.32 Å². The summed E-state index contributed by atoms with van der Waals surface area (Å²) < 4.78 is 35.4. The second-order valence-electron chi connectivity index (χ2n) is 7.87. The van der Waals surface area contributed by atoms with E-state index in [4.69, 9.17) is 9.26 Å². The van der Waals surface area contributed by atoms with Crippen molar-refractivity contribution in [2.45, 2.75) is 26.7 Å². The second kappa shape index (κ2) is 10.2. The third-order valence-corrected chi connectivity index (χ3v) is 5.85. The van der Waals surface area contributed by atoms with Crippen LogP contribution in [0.4, 0.5) is 10.5 Å². The van der Waals surface area contributed by atoms with E-state index in [-0.39, 0.29) is 5.92 Å². The second-order valence-corrected chi connectivity index (χ2v) is 9.70. The fraction of sp³-hybridized carbons (Fsp3) is 0.550. The fourth-order valence-electron chi connectivity index (χ4n) is 3.46. The molecular formula is C20H29N5O5S. The zero-order valence-electron chi connectivity index (χ0n) is 18.1. The van der Waals surface area contributed by atoms with E-state index in [2.05, 4.69) is 25.1 Å². The van der Waals surface area contributed by atoms with E-state index in [1.165, 1.54) is 0 Å². The quantitative estimate of drug-likeness (QED) is 0.625. The number of ether oxygens (including phenoxy) is 1. The largest absolute Gasteiger partial charge is 0.449 e. The Morgan fingerprint density at radius 1 is 1.29 bits per heavy atom. The number of carbonyl (C=O) groups is 1. The van der Waals surface area contributed by atoms with Crippen LogP contribution in [0.25, 0.3) is 11.5 Å². The standard InChI is InChI=1S/C20H29N5O5S/c1-14-4-5-18(17(12-14)19-22-15(2)24-30-19)23-20(26)29-13-16-6-9-25(10-7-16)11-8-21-31(3,27)28/h4-5,12,16,21H,6-11,13H2,1-3H3,(H,23,26). The average Bonchev–Trinajstić information content (AvgIpc) is 3.14. The van der Waals surface area contributed by atoms with Crippen molar-refractivity contribution >= 4 is 21.8 Å². The molecule has 1 fully saturated rings. The van der Waals surface area contributed by atoms with Crippen molar-refractivity contribution in [3.05, 3.63) is 29.6 Å². The molecule has 1 aliphatic rings. The van der Waals surface area contributed by atoms with Gasteiger partial charge in [0.25, 0.3) is 5.89 Å². The smallest absolute Gasteiger partial charge is 0.411 e. The lowest BCUT2D eigenvalue weighted by atomic mass is 9.98. The molecule has 170 valence electrons. The van der Waals surface area contributed by atoms with Gasteiger partial charge in [0.05, 0.1) is 24.1 Å². The number of nitrogens with one attached hydrogen (secondary N) is 2. The summed E-state index contributed by atoms with van der Waals surface area (Å²) in [5.41, 5.74) is 2.20. The van der Waals surface area contributed by atoms with Crippen LogP contribution in [0.15, 0.2) is 22.7 Å². The van der Waals surface area contributed by atoms with Gasteiger partial charge in [0.2, 0.25) is 10.0 Å². The van der Waals surface area contributed by atoms with E-state index < -0.39 is 16.1 Å². The van der Waals surface area contributed by atoms with E-state index >= 15 is 0 Å². The van der Waals surface area contributed by atoms with Crippen LogP contribution >= 0.6 is 0 Å². The molecule has 0 bridgehead atoms. The first-order chi connectivity index (χ1) is 14.7. The monoisotopic (exact) mass is 451 g/mol. The highest BCUT2D eigenvalue weighted by atomic mass is 32.2. The number of aromatic nitrogens is 2. The molecule has 0 aliphatic carbocycles. The van der Waals surface area contributed by atoms with Crippen molar-refractivity contribution in [2.75, 3.05) is 44.4 Å². The number of likely N-dealkylation sites (tertiary alicyclic amines) is 1. The zero-order valence-corrected chi connectivity index (χ0v) is 18.9. The van der Waals surface area contributed by atoms with E-state index in [1.807, 2.05) is 19.1 Å². The molecule has 3 rings (SSSR count). The zero-order chi connectivity index (χ0) is 22.4. The number of nitrogens with zero attached hydrogens (tertiary/aromatic N) is 3. The summed E-state index contributed by atoms with van der Waals surface area (Å²) in [6.07, 6.45) is 2.41. The molecule has 1 amide bonds. The Balaban J connectivity index is 1.45. The van der Waals surface area contributed by atoms with Crippen molar-refractivity contribution in [1.82, 2.24) is 19.8 Å². The number of carbonyl (C=O) groups excluding carboxylic acids is 1. The minimum Gasteiger partial charge on any atom is -0.449 e. The number of sulfonamides is 1. The van der Waals surface area contributed by atoms with Gasteiger partial charge < -0.3 is 14.2 Å². The summed E-state index contributed by atoms with van der Waals surface area (Å²) in [4.78, 5) is 18.8. The lowest BCUT2D eigenvalue weighted by Gasteiger charge is -2.31. The molecule has 0 saturated carbocycles. The number of anilines is 1. The van der Waals surface area contributed by atoms with Crippen LogP contribution in [-0.4, -0.2) is 68.6 Å². The Morgan fingerprint density at radius 2 is 2.03 bits per heavy atom. The first-order valence-electron chi connectivity index (χ1n) is 10.2. The first kappa shape index (κ1) is 23.2. The van der Waals surface area contributed by atoms with Gasteiger partial charge in [0.15, 0.2) is 5.82 Å². The van der Waals surface area contributed by atoms with Crippen molar-refractivity contribution in [1.29, 1.82) is 0 Å². The molecule has 1 aromatic heterocycles. The van der Waals surface area contributed by atoms with Crippen LogP contribution in [0.2, 0.25) is 0 Å². The van der Waals surface area contributed by atoms with Gasteiger partial charge in [-0.15, -0.1) is 0 Å². The summed E-state index contributed by atoms with van der Waals surface area (Å²) in [5, 5.41) is 6.58. The van der Waals surface area contributed by atoms with Crippen molar-refractivity contribution < 1.29 is 22.5 Å². The molecule has 0 unspecified atom stereocenters. The van der Waals surface area contributed by atoms with Gasteiger partial charge in [-0.05, 0) is 57.8 Å². The molecule has 0 radical (unpaired) electrons. The molecule has 1 saturated heterocycles. The van der Waals surface area contributed by atoms with Gasteiger partial charge in [-0.1, -0.05) is 16.8 Å². The maximum absolute atomic E-state index is 12.4. The van der Waals surface area contributed by atoms with E-state index in [1.54, 1.807) is 13.0 Å². The lowest BCUT2D eigenvalue weighted by molar-refractivity contribution is 0.106. The summed E-state index contributed by atoms with van der Waals surface area (Å²) in [6.45, 7) is 6.78. The number of benzene rings is 1. The minimum atomic E-state index is -3.16. The third-order valence-electron chi connectivity index (χ3n) is 5.12. The Kier molecular flexibility index (Phi) is 7.63. The molecule has 2 heterocycles. The molecule has 2 N–H and O–H groups in total. The maximum Gasteiger partial charge on any atom is 0.411 e. The van der Waals surface area contributed by atoms with Crippen LogP contribution in [-0.2, 0) is 14.8 Å². The number of rotatable bonds is 8. The molecule has 10 nitrogen and oxygen atoms in total. The minimum absolute atomic E-state index is 0.279. The van der Waals surface area contributed by atoms with Gasteiger partial charge >= 0.3 is 6.09 Å². The Bertz CT molecular complexity index is 999. The number of amides is 1. The SMILES string of the molecule is Cc1ccc(NC(=O)OCC2CCN(CCNS(C)(=O)=O)CC2)c(-c2nc(C)no2)c1. The van der Waals surface area contributed by atoms with Crippen LogP contribution in [0.3, 0.4) is 0 Å². The molecular weight excluding hydrogens is 422 g/mol. The lowest BCUT2D eigenvalue weighted by Crippen LogP contribution is -2.40. The van der Waals surface area contributed by atoms with Gasteiger partial charge in [-0.2, -0.15) is 4.98 Å². The van der Waals surface area contributed by atoms with Crippen molar-refractivity contribution in [2.24, 2.45) is 5.92 Å². The highest BCUT2D eigenvalue weighted by molar-refractivity contribution is 7.88. The van der Waals surface area contributed by atoms with Crippen LogP contribution in [0.5, 0.6) is 0 Å². The topological polar surface area (TPSA) is 127 Å². The Morgan fingerprint density at radius 3 is 2.68 bits per heavy atom. The predicted octanol–water partition coefficient (Wildman–Crippen LogP) is 2.16. The molecule has 1 aromatic carbocycles. The number of aryl methyl sites for hydroxylation is 2. The summed E-state index contributed by atoms with van der Waals surface area (Å²) >= 11 is 0.